The summed E-state index contributed by atoms with van der Waals surface area (Å²) in [4.78, 5) is 13.0. The van der Waals surface area contributed by atoms with Gasteiger partial charge in [0.05, 0.1) is 4.92 Å². The van der Waals surface area contributed by atoms with Crippen LogP contribution in [0.15, 0.2) is 18.2 Å². The van der Waals surface area contributed by atoms with E-state index in [0.29, 0.717) is 5.69 Å². The van der Waals surface area contributed by atoms with Crippen molar-refractivity contribution in [3.63, 3.8) is 0 Å². The first-order chi connectivity index (χ1) is 9.16. The van der Waals surface area contributed by atoms with Crippen LogP contribution in [0.3, 0.4) is 0 Å². The van der Waals surface area contributed by atoms with E-state index in [9.17, 15) is 10.1 Å². The molecule has 0 amide bonds. The van der Waals surface area contributed by atoms with Crippen LogP contribution in [-0.4, -0.2) is 49.1 Å². The Morgan fingerprint density at radius 2 is 2.16 bits per heavy atom. The Kier molecular flexibility index (Phi) is 4.70. The lowest BCUT2D eigenvalue weighted by atomic mass is 10.2. The van der Waals surface area contributed by atoms with Crippen LogP contribution < -0.4 is 10.6 Å². The van der Waals surface area contributed by atoms with E-state index < -0.39 is 0 Å². The lowest BCUT2D eigenvalue weighted by molar-refractivity contribution is -0.384. The number of piperazine rings is 1. The molecule has 1 heterocycles. The Hall–Kier alpha value is -1.66. The molecule has 0 unspecified atom stereocenters. The molecular formula is C13H20N4O2. The Labute approximate surface area is 112 Å². The first-order valence-corrected chi connectivity index (χ1v) is 6.59. The van der Waals surface area contributed by atoms with Crippen molar-refractivity contribution in [3.8, 4) is 0 Å². The number of hydrogen-bond acceptors (Lipinski definition) is 5. The van der Waals surface area contributed by atoms with Gasteiger partial charge >= 0.3 is 0 Å². The molecule has 1 aromatic carbocycles. The van der Waals surface area contributed by atoms with E-state index in [0.717, 1.165) is 44.8 Å². The summed E-state index contributed by atoms with van der Waals surface area (Å²) in [5.74, 6) is 0. The molecule has 2 N–H and O–H groups in total. The van der Waals surface area contributed by atoms with Gasteiger partial charge in [-0.3, -0.25) is 15.0 Å². The van der Waals surface area contributed by atoms with Gasteiger partial charge in [-0.1, -0.05) is 6.07 Å². The molecule has 0 spiro atoms. The number of aryl methyl sites for hydroxylation is 1. The van der Waals surface area contributed by atoms with Gasteiger partial charge in [-0.25, -0.2) is 0 Å². The third-order valence-electron chi connectivity index (χ3n) is 3.30. The molecule has 104 valence electrons. The van der Waals surface area contributed by atoms with Crippen LogP contribution in [0.2, 0.25) is 0 Å². The molecular weight excluding hydrogens is 244 g/mol. The second-order valence-corrected chi connectivity index (χ2v) is 4.80. The van der Waals surface area contributed by atoms with E-state index in [4.69, 9.17) is 0 Å². The van der Waals surface area contributed by atoms with Crippen LogP contribution in [-0.2, 0) is 0 Å². The molecule has 0 bridgehead atoms. The summed E-state index contributed by atoms with van der Waals surface area (Å²) in [5.41, 5.74) is 1.78. The van der Waals surface area contributed by atoms with E-state index in [1.807, 2.05) is 13.0 Å². The molecule has 0 atom stereocenters. The molecule has 1 saturated heterocycles. The van der Waals surface area contributed by atoms with E-state index in [1.165, 1.54) is 0 Å². The number of benzene rings is 1. The highest BCUT2D eigenvalue weighted by Gasteiger charge is 2.14. The van der Waals surface area contributed by atoms with Gasteiger partial charge in [-0.2, -0.15) is 0 Å². The van der Waals surface area contributed by atoms with Gasteiger partial charge in [0.25, 0.3) is 5.69 Å². The third-order valence-corrected chi connectivity index (χ3v) is 3.30. The second kappa shape index (κ2) is 6.49. The first-order valence-electron chi connectivity index (χ1n) is 6.59. The van der Waals surface area contributed by atoms with Gasteiger partial charge in [0, 0.05) is 45.3 Å². The minimum atomic E-state index is -0.341. The topological polar surface area (TPSA) is 70.4 Å². The van der Waals surface area contributed by atoms with Gasteiger partial charge < -0.3 is 10.6 Å². The summed E-state index contributed by atoms with van der Waals surface area (Å²) in [6, 6.07) is 5.15. The van der Waals surface area contributed by atoms with Crippen LogP contribution in [0.1, 0.15) is 5.56 Å². The molecule has 0 radical (unpaired) electrons. The largest absolute Gasteiger partial charge is 0.378 e. The molecule has 1 aliphatic heterocycles. The standard InChI is InChI=1S/C13H20N4O2/c1-11-2-3-13(17(18)19)12(10-11)15-6-9-16-7-4-14-5-8-16/h2-3,10,14-15H,4-9H2,1H3. The maximum absolute atomic E-state index is 10.9. The van der Waals surface area contributed by atoms with Gasteiger partial charge in [-0.15, -0.1) is 0 Å². The highest BCUT2D eigenvalue weighted by Crippen LogP contribution is 2.24. The Bertz CT molecular complexity index is 444. The van der Waals surface area contributed by atoms with E-state index in [1.54, 1.807) is 12.1 Å². The van der Waals surface area contributed by atoms with Crippen LogP contribution in [0, 0.1) is 17.0 Å². The minimum Gasteiger partial charge on any atom is -0.378 e. The van der Waals surface area contributed by atoms with Crippen molar-refractivity contribution < 1.29 is 4.92 Å². The zero-order chi connectivity index (χ0) is 13.7. The van der Waals surface area contributed by atoms with Gasteiger partial charge in [0.1, 0.15) is 5.69 Å². The summed E-state index contributed by atoms with van der Waals surface area (Å²) in [7, 11) is 0. The van der Waals surface area contributed by atoms with Crippen molar-refractivity contribution in [1.82, 2.24) is 10.2 Å². The Balaban J connectivity index is 1.91. The predicted octanol–water partition coefficient (Wildman–Crippen LogP) is 1.22. The Morgan fingerprint density at radius 3 is 2.84 bits per heavy atom. The molecule has 0 aliphatic carbocycles. The van der Waals surface area contributed by atoms with Crippen molar-refractivity contribution in [2.24, 2.45) is 0 Å². The molecule has 0 saturated carbocycles. The van der Waals surface area contributed by atoms with Gasteiger partial charge in [-0.05, 0) is 18.6 Å². The van der Waals surface area contributed by atoms with Crippen LogP contribution >= 0.6 is 0 Å². The average Bonchev–Trinajstić information content (AvgIpc) is 2.39. The fourth-order valence-electron chi connectivity index (χ4n) is 2.23. The van der Waals surface area contributed by atoms with Crippen molar-refractivity contribution in [2.75, 3.05) is 44.6 Å². The fourth-order valence-corrected chi connectivity index (χ4v) is 2.23. The fraction of sp³-hybridized carbons (Fsp3) is 0.538. The molecule has 1 aromatic rings. The molecule has 6 nitrogen and oxygen atoms in total. The zero-order valence-electron chi connectivity index (χ0n) is 11.2. The molecule has 0 aromatic heterocycles. The van der Waals surface area contributed by atoms with E-state index in [-0.39, 0.29) is 10.6 Å². The lowest BCUT2D eigenvalue weighted by Crippen LogP contribution is -2.45. The van der Waals surface area contributed by atoms with Crippen molar-refractivity contribution in [1.29, 1.82) is 0 Å². The van der Waals surface area contributed by atoms with Gasteiger partial charge in [0.2, 0.25) is 0 Å². The van der Waals surface area contributed by atoms with E-state index in [2.05, 4.69) is 15.5 Å². The second-order valence-electron chi connectivity index (χ2n) is 4.80. The number of anilines is 1. The monoisotopic (exact) mass is 264 g/mol. The number of nitro benzene ring substituents is 1. The highest BCUT2D eigenvalue weighted by molar-refractivity contribution is 5.62. The van der Waals surface area contributed by atoms with Gasteiger partial charge in [0.15, 0.2) is 0 Å². The van der Waals surface area contributed by atoms with Crippen LogP contribution in [0.25, 0.3) is 0 Å². The molecule has 2 rings (SSSR count). The zero-order valence-corrected chi connectivity index (χ0v) is 11.2. The quantitative estimate of drug-likeness (QED) is 0.618. The number of rotatable bonds is 5. The van der Waals surface area contributed by atoms with Crippen LogP contribution in [0.5, 0.6) is 0 Å². The van der Waals surface area contributed by atoms with Crippen molar-refractivity contribution in [2.45, 2.75) is 6.92 Å². The van der Waals surface area contributed by atoms with Crippen molar-refractivity contribution in [3.05, 3.63) is 33.9 Å². The number of nitrogens with one attached hydrogen (secondary N) is 2. The molecule has 1 fully saturated rings. The predicted molar refractivity (Wildman–Crippen MR) is 75.6 cm³/mol. The first kappa shape index (κ1) is 13.8. The summed E-state index contributed by atoms with van der Waals surface area (Å²) in [5, 5.41) is 17.4. The average molecular weight is 264 g/mol. The maximum atomic E-state index is 10.9. The minimum absolute atomic E-state index is 0.144. The summed E-state index contributed by atoms with van der Waals surface area (Å²) in [6.45, 7) is 7.69. The Morgan fingerprint density at radius 1 is 1.42 bits per heavy atom. The third kappa shape index (κ3) is 3.90. The SMILES string of the molecule is Cc1ccc([N+](=O)[O-])c(NCCN2CCNCC2)c1. The summed E-state index contributed by atoms with van der Waals surface area (Å²) < 4.78 is 0. The maximum Gasteiger partial charge on any atom is 0.292 e. The smallest absolute Gasteiger partial charge is 0.292 e. The molecule has 6 heteroatoms. The normalized spacial score (nSPS) is 16.3. The van der Waals surface area contributed by atoms with E-state index >= 15 is 0 Å². The molecule has 1 aliphatic rings. The lowest BCUT2D eigenvalue weighted by Gasteiger charge is -2.27. The van der Waals surface area contributed by atoms with Crippen LogP contribution in [0.4, 0.5) is 11.4 Å². The molecule has 19 heavy (non-hydrogen) atoms. The summed E-state index contributed by atoms with van der Waals surface area (Å²) in [6.07, 6.45) is 0. The number of nitrogens with zero attached hydrogens (tertiary/aromatic N) is 2. The highest BCUT2D eigenvalue weighted by atomic mass is 16.6. The number of hydrogen-bond donors (Lipinski definition) is 2. The number of nitro groups is 1. The summed E-state index contributed by atoms with van der Waals surface area (Å²) >= 11 is 0. The van der Waals surface area contributed by atoms with Crippen molar-refractivity contribution >= 4 is 11.4 Å².